The van der Waals surface area contributed by atoms with E-state index in [0.29, 0.717) is 17.9 Å². The zero-order valence-corrected chi connectivity index (χ0v) is 16.3. The predicted molar refractivity (Wildman–Crippen MR) is 102 cm³/mol. The van der Waals surface area contributed by atoms with E-state index in [1.807, 2.05) is 18.2 Å². The summed E-state index contributed by atoms with van der Waals surface area (Å²) >= 11 is 12.0. The van der Waals surface area contributed by atoms with Crippen molar-refractivity contribution in [1.82, 2.24) is 5.32 Å². The highest BCUT2D eigenvalue weighted by molar-refractivity contribution is 6.36. The van der Waals surface area contributed by atoms with Crippen molar-refractivity contribution in [1.29, 1.82) is 0 Å². The van der Waals surface area contributed by atoms with Gasteiger partial charge in [-0.3, -0.25) is 0 Å². The van der Waals surface area contributed by atoms with Crippen LogP contribution in [-0.2, 0) is 18.2 Å². The third-order valence-corrected chi connectivity index (χ3v) is 6.12. The molecule has 2 aliphatic rings. The largest absolute Gasteiger partial charge is 0.492 e. The monoisotopic (exact) mass is 431 g/mol. The number of rotatable bonds is 3. The Bertz CT molecular complexity index is 873. The van der Waals surface area contributed by atoms with Crippen LogP contribution in [0.2, 0.25) is 10.0 Å². The van der Waals surface area contributed by atoms with Gasteiger partial charge in [-0.1, -0.05) is 29.3 Å². The van der Waals surface area contributed by atoms with Gasteiger partial charge in [0.1, 0.15) is 18.1 Å². The third kappa shape index (κ3) is 3.65. The van der Waals surface area contributed by atoms with E-state index in [1.54, 1.807) is 0 Å². The lowest BCUT2D eigenvalue weighted by atomic mass is 9.75. The highest BCUT2D eigenvalue weighted by atomic mass is 35.5. The van der Waals surface area contributed by atoms with E-state index in [2.05, 4.69) is 5.32 Å². The molecule has 2 aromatic rings. The van der Waals surface area contributed by atoms with E-state index in [9.17, 15) is 13.2 Å². The minimum absolute atomic E-state index is 0.0380. The molecule has 3 nitrogen and oxygen atoms in total. The first-order valence-electron chi connectivity index (χ1n) is 8.94. The summed E-state index contributed by atoms with van der Waals surface area (Å²) < 4.78 is 50.2. The molecule has 0 aliphatic carbocycles. The van der Waals surface area contributed by atoms with Crippen LogP contribution in [0.25, 0.3) is 0 Å². The number of fused-ring (bicyclic) bond motifs is 2. The SMILES string of the molecule is FC(F)(F)c1cc(Cl)c(COc2ccc3c(c2)OCC32CCNCC2)c(Cl)c1. The Morgan fingerprint density at radius 2 is 1.75 bits per heavy atom. The molecule has 0 unspecified atom stereocenters. The van der Waals surface area contributed by atoms with Gasteiger partial charge in [0.15, 0.2) is 0 Å². The van der Waals surface area contributed by atoms with Gasteiger partial charge >= 0.3 is 6.18 Å². The summed E-state index contributed by atoms with van der Waals surface area (Å²) in [5.74, 6) is 1.35. The number of alkyl halides is 3. The molecule has 0 atom stereocenters. The Morgan fingerprint density at radius 3 is 2.39 bits per heavy atom. The molecule has 0 amide bonds. The minimum atomic E-state index is -4.51. The molecule has 0 radical (unpaired) electrons. The predicted octanol–water partition coefficient (Wildman–Crippen LogP) is 5.60. The van der Waals surface area contributed by atoms with Crippen molar-refractivity contribution in [3.63, 3.8) is 0 Å². The van der Waals surface area contributed by atoms with E-state index >= 15 is 0 Å². The summed E-state index contributed by atoms with van der Waals surface area (Å²) in [6.45, 7) is 2.55. The molecule has 1 fully saturated rings. The van der Waals surface area contributed by atoms with Gasteiger partial charge in [-0.05, 0) is 44.1 Å². The van der Waals surface area contributed by atoms with Crippen LogP contribution in [0.4, 0.5) is 13.2 Å². The van der Waals surface area contributed by atoms with Gasteiger partial charge in [0, 0.05) is 32.7 Å². The fourth-order valence-corrected chi connectivity index (χ4v) is 4.42. The summed E-state index contributed by atoms with van der Waals surface area (Å²) in [7, 11) is 0. The Balaban J connectivity index is 1.51. The van der Waals surface area contributed by atoms with Gasteiger partial charge in [0.25, 0.3) is 0 Å². The first kappa shape index (κ1) is 19.7. The van der Waals surface area contributed by atoms with Crippen LogP contribution >= 0.6 is 23.2 Å². The minimum Gasteiger partial charge on any atom is -0.492 e. The molecule has 2 aliphatic heterocycles. The lowest BCUT2D eigenvalue weighted by Crippen LogP contribution is -2.40. The first-order valence-corrected chi connectivity index (χ1v) is 9.70. The lowest BCUT2D eigenvalue weighted by Gasteiger charge is -2.32. The average molecular weight is 432 g/mol. The Hall–Kier alpha value is -1.63. The second-order valence-corrected chi connectivity index (χ2v) is 8.00. The molecular formula is C20H18Cl2F3NO2. The van der Waals surface area contributed by atoms with Gasteiger partial charge in [0.05, 0.1) is 12.2 Å². The highest BCUT2D eigenvalue weighted by Gasteiger charge is 2.41. The van der Waals surface area contributed by atoms with Crippen LogP contribution in [0.1, 0.15) is 29.5 Å². The van der Waals surface area contributed by atoms with Crippen LogP contribution in [0, 0.1) is 0 Å². The van der Waals surface area contributed by atoms with Crippen LogP contribution in [0.3, 0.4) is 0 Å². The van der Waals surface area contributed by atoms with E-state index in [0.717, 1.165) is 43.8 Å². The van der Waals surface area contributed by atoms with Crippen molar-refractivity contribution in [3.8, 4) is 11.5 Å². The van der Waals surface area contributed by atoms with Crippen LogP contribution < -0.4 is 14.8 Å². The maximum atomic E-state index is 12.8. The van der Waals surface area contributed by atoms with E-state index < -0.39 is 11.7 Å². The zero-order chi connectivity index (χ0) is 19.9. The molecule has 2 heterocycles. The van der Waals surface area contributed by atoms with Gasteiger partial charge in [0.2, 0.25) is 0 Å². The number of piperidine rings is 1. The average Bonchev–Trinajstić information content (AvgIpc) is 2.98. The van der Waals surface area contributed by atoms with E-state index in [-0.39, 0.29) is 22.1 Å². The van der Waals surface area contributed by atoms with Gasteiger partial charge in [-0.2, -0.15) is 13.2 Å². The zero-order valence-electron chi connectivity index (χ0n) is 14.8. The van der Waals surface area contributed by atoms with Crippen LogP contribution in [-0.4, -0.2) is 19.7 Å². The summed E-state index contributed by atoms with van der Waals surface area (Å²) in [5, 5.41) is 3.21. The molecule has 8 heteroatoms. The Morgan fingerprint density at radius 1 is 1.07 bits per heavy atom. The van der Waals surface area contributed by atoms with E-state index in [4.69, 9.17) is 32.7 Å². The van der Waals surface area contributed by atoms with Crippen molar-refractivity contribution < 1.29 is 22.6 Å². The quantitative estimate of drug-likeness (QED) is 0.685. The summed E-state index contributed by atoms with van der Waals surface area (Å²) in [4.78, 5) is 0. The Labute approximate surface area is 170 Å². The number of hydrogen-bond donors (Lipinski definition) is 1. The Kier molecular flexibility index (Phi) is 5.14. The van der Waals surface area contributed by atoms with Crippen molar-refractivity contribution in [2.24, 2.45) is 0 Å². The maximum absolute atomic E-state index is 12.8. The number of ether oxygens (including phenoxy) is 2. The molecule has 150 valence electrons. The van der Waals surface area contributed by atoms with Crippen molar-refractivity contribution >= 4 is 23.2 Å². The molecule has 4 rings (SSSR count). The summed E-state index contributed by atoms with van der Waals surface area (Å²) in [6, 6.07) is 7.40. The molecule has 1 N–H and O–H groups in total. The number of halogens is 5. The van der Waals surface area contributed by atoms with Gasteiger partial charge in [-0.25, -0.2) is 0 Å². The van der Waals surface area contributed by atoms with Crippen LogP contribution in [0.15, 0.2) is 30.3 Å². The third-order valence-electron chi connectivity index (χ3n) is 5.44. The highest BCUT2D eigenvalue weighted by Crippen LogP contribution is 2.46. The summed E-state index contributed by atoms with van der Waals surface area (Å²) in [6.07, 6.45) is -2.46. The number of benzene rings is 2. The van der Waals surface area contributed by atoms with Crippen molar-refractivity contribution in [3.05, 3.63) is 57.1 Å². The molecule has 1 spiro atoms. The molecule has 0 aromatic heterocycles. The van der Waals surface area contributed by atoms with Crippen molar-refractivity contribution in [2.75, 3.05) is 19.7 Å². The number of hydrogen-bond acceptors (Lipinski definition) is 3. The molecule has 28 heavy (non-hydrogen) atoms. The molecule has 2 aromatic carbocycles. The standard InChI is InChI=1S/C20H18Cl2F3NO2/c21-16-7-12(20(23,24)25)8-17(22)14(16)10-27-13-1-2-15-18(9-13)28-11-19(15)3-5-26-6-4-19/h1-2,7-9,26H,3-6,10-11H2. The molecular weight excluding hydrogens is 414 g/mol. The first-order chi connectivity index (χ1) is 13.3. The van der Waals surface area contributed by atoms with E-state index in [1.165, 1.54) is 5.56 Å². The van der Waals surface area contributed by atoms with Crippen LogP contribution in [0.5, 0.6) is 11.5 Å². The fourth-order valence-electron chi connectivity index (χ4n) is 3.82. The molecule has 1 saturated heterocycles. The second kappa shape index (κ2) is 7.32. The normalized spacial score (nSPS) is 18.0. The number of nitrogens with one attached hydrogen (secondary N) is 1. The van der Waals surface area contributed by atoms with Gasteiger partial charge < -0.3 is 14.8 Å². The second-order valence-electron chi connectivity index (χ2n) is 7.18. The molecule has 0 saturated carbocycles. The summed E-state index contributed by atoms with van der Waals surface area (Å²) in [5.41, 5.74) is 0.670. The van der Waals surface area contributed by atoms with Gasteiger partial charge in [-0.15, -0.1) is 0 Å². The maximum Gasteiger partial charge on any atom is 0.416 e. The molecule has 0 bridgehead atoms. The topological polar surface area (TPSA) is 30.5 Å². The smallest absolute Gasteiger partial charge is 0.416 e. The fraction of sp³-hybridized carbons (Fsp3) is 0.400. The van der Waals surface area contributed by atoms with Crippen molar-refractivity contribution in [2.45, 2.75) is 31.0 Å². The lowest BCUT2D eigenvalue weighted by molar-refractivity contribution is -0.137.